The topological polar surface area (TPSA) is 42.2 Å². The van der Waals surface area contributed by atoms with E-state index in [0.717, 1.165) is 33.4 Å². The molecule has 4 aliphatic rings. The van der Waals surface area contributed by atoms with Crippen molar-refractivity contribution in [1.29, 1.82) is 0 Å². The van der Waals surface area contributed by atoms with Crippen molar-refractivity contribution in [3.63, 3.8) is 0 Å². The number of carbonyl (C=O) groups excluding carboxylic acids is 1. The van der Waals surface area contributed by atoms with Crippen molar-refractivity contribution < 1.29 is 9.21 Å². The second-order valence-corrected chi connectivity index (χ2v) is 6.61. The Morgan fingerprint density at radius 3 is 2.67 bits per heavy atom. The van der Waals surface area contributed by atoms with Gasteiger partial charge in [0.25, 0.3) is 5.91 Å². The van der Waals surface area contributed by atoms with Crippen LogP contribution in [0.3, 0.4) is 0 Å². The third-order valence-electron chi connectivity index (χ3n) is 5.03. The molecule has 1 N–H and O–H groups in total. The standard InChI is InChI=1S/C14H16BrNO2/c15-13-11(12-10(18-13)6-16-14(12)17)9-5-7-1-3-8(9)4-2-7/h7-9H,1-6H2,(H,16,17). The molecule has 1 aliphatic heterocycles. The molecule has 2 heterocycles. The van der Waals surface area contributed by atoms with Crippen LogP contribution in [0, 0.1) is 11.8 Å². The number of fused-ring (bicyclic) bond motifs is 4. The molecule has 2 bridgehead atoms. The average molecular weight is 310 g/mol. The number of amides is 1. The fourth-order valence-corrected chi connectivity index (χ4v) is 4.84. The van der Waals surface area contributed by atoms with Gasteiger partial charge in [-0.15, -0.1) is 0 Å². The van der Waals surface area contributed by atoms with Crippen LogP contribution in [0.5, 0.6) is 0 Å². The van der Waals surface area contributed by atoms with E-state index in [-0.39, 0.29) is 5.91 Å². The molecule has 4 heteroatoms. The molecular weight excluding hydrogens is 294 g/mol. The van der Waals surface area contributed by atoms with E-state index in [1.807, 2.05) is 0 Å². The first kappa shape index (κ1) is 11.1. The minimum Gasteiger partial charge on any atom is -0.451 e. The average Bonchev–Trinajstić information content (AvgIpc) is 2.90. The van der Waals surface area contributed by atoms with E-state index in [0.29, 0.717) is 12.5 Å². The molecule has 1 atom stereocenters. The molecule has 3 saturated carbocycles. The third kappa shape index (κ3) is 1.44. The molecule has 1 unspecified atom stereocenters. The first-order chi connectivity index (χ1) is 8.74. The molecule has 18 heavy (non-hydrogen) atoms. The zero-order valence-electron chi connectivity index (χ0n) is 10.2. The van der Waals surface area contributed by atoms with Crippen LogP contribution in [0.15, 0.2) is 9.09 Å². The number of hydrogen-bond acceptors (Lipinski definition) is 2. The van der Waals surface area contributed by atoms with Crippen LogP contribution in [0.4, 0.5) is 0 Å². The fraction of sp³-hybridized carbons (Fsp3) is 0.643. The molecule has 0 radical (unpaired) electrons. The maximum absolute atomic E-state index is 12.0. The maximum atomic E-state index is 12.0. The van der Waals surface area contributed by atoms with Crippen LogP contribution in [0.2, 0.25) is 0 Å². The Hall–Kier alpha value is -0.770. The van der Waals surface area contributed by atoms with Gasteiger partial charge < -0.3 is 9.73 Å². The van der Waals surface area contributed by atoms with Crippen molar-refractivity contribution in [2.45, 2.75) is 44.6 Å². The Morgan fingerprint density at radius 2 is 2.00 bits per heavy atom. The number of hydrogen-bond donors (Lipinski definition) is 1. The lowest BCUT2D eigenvalue weighted by Gasteiger charge is -2.42. The predicted molar refractivity (Wildman–Crippen MR) is 70.4 cm³/mol. The van der Waals surface area contributed by atoms with Crippen molar-refractivity contribution >= 4 is 21.8 Å². The maximum Gasteiger partial charge on any atom is 0.255 e. The first-order valence-electron chi connectivity index (χ1n) is 6.83. The van der Waals surface area contributed by atoms with Crippen molar-refractivity contribution in [2.75, 3.05) is 0 Å². The highest BCUT2D eigenvalue weighted by Gasteiger charge is 2.42. The van der Waals surface area contributed by atoms with E-state index in [1.165, 1.54) is 32.1 Å². The first-order valence-corrected chi connectivity index (χ1v) is 7.62. The van der Waals surface area contributed by atoms with Gasteiger partial charge in [0.2, 0.25) is 0 Å². The summed E-state index contributed by atoms with van der Waals surface area (Å²) in [6.07, 6.45) is 6.64. The van der Waals surface area contributed by atoms with Gasteiger partial charge in [0.15, 0.2) is 4.67 Å². The van der Waals surface area contributed by atoms with E-state index < -0.39 is 0 Å². The summed E-state index contributed by atoms with van der Waals surface area (Å²) in [4.78, 5) is 12.0. The Labute approximate surface area is 114 Å². The summed E-state index contributed by atoms with van der Waals surface area (Å²) in [5.41, 5.74) is 1.99. The minimum atomic E-state index is 0.0518. The summed E-state index contributed by atoms with van der Waals surface area (Å²) in [6, 6.07) is 0. The van der Waals surface area contributed by atoms with Gasteiger partial charge in [-0.25, -0.2) is 0 Å². The Balaban J connectivity index is 1.79. The van der Waals surface area contributed by atoms with Crippen LogP contribution in [-0.2, 0) is 6.54 Å². The Kier molecular flexibility index (Phi) is 2.38. The van der Waals surface area contributed by atoms with Crippen LogP contribution >= 0.6 is 15.9 Å². The highest BCUT2D eigenvalue weighted by Crippen LogP contribution is 2.52. The molecule has 96 valence electrons. The Morgan fingerprint density at radius 1 is 1.22 bits per heavy atom. The zero-order valence-corrected chi connectivity index (χ0v) is 11.8. The van der Waals surface area contributed by atoms with Gasteiger partial charge in [-0.3, -0.25) is 4.79 Å². The Bertz CT molecular complexity index is 514. The van der Waals surface area contributed by atoms with E-state index in [4.69, 9.17) is 4.42 Å². The van der Waals surface area contributed by atoms with Gasteiger partial charge in [-0.2, -0.15) is 0 Å². The fourth-order valence-electron chi connectivity index (χ4n) is 4.15. The third-order valence-corrected chi connectivity index (χ3v) is 5.62. The van der Waals surface area contributed by atoms with Crippen LogP contribution in [0.1, 0.15) is 59.7 Å². The lowest BCUT2D eigenvalue weighted by molar-refractivity contribution is 0.0959. The summed E-state index contributed by atoms with van der Waals surface area (Å²) in [5.74, 6) is 3.02. The van der Waals surface area contributed by atoms with Gasteiger partial charge in [0.05, 0.1) is 12.1 Å². The van der Waals surface area contributed by atoms with E-state index in [1.54, 1.807) is 0 Å². The number of nitrogens with one attached hydrogen (secondary N) is 1. The van der Waals surface area contributed by atoms with Crippen LogP contribution < -0.4 is 5.32 Å². The van der Waals surface area contributed by atoms with Crippen molar-refractivity contribution in [3.05, 3.63) is 21.6 Å². The van der Waals surface area contributed by atoms with Crippen molar-refractivity contribution in [2.24, 2.45) is 11.8 Å². The second kappa shape index (κ2) is 3.86. The van der Waals surface area contributed by atoms with Gasteiger partial charge in [0, 0.05) is 5.56 Å². The van der Waals surface area contributed by atoms with Gasteiger partial charge in [-0.1, -0.05) is 12.8 Å². The van der Waals surface area contributed by atoms with E-state index in [2.05, 4.69) is 21.2 Å². The van der Waals surface area contributed by atoms with Gasteiger partial charge in [-0.05, 0) is 52.9 Å². The van der Waals surface area contributed by atoms with Crippen molar-refractivity contribution in [1.82, 2.24) is 5.32 Å². The quantitative estimate of drug-likeness (QED) is 0.861. The molecule has 0 aromatic carbocycles. The van der Waals surface area contributed by atoms with Crippen molar-refractivity contribution in [3.8, 4) is 0 Å². The van der Waals surface area contributed by atoms with E-state index in [9.17, 15) is 4.79 Å². The number of furan rings is 1. The number of halogens is 1. The van der Waals surface area contributed by atoms with E-state index >= 15 is 0 Å². The zero-order chi connectivity index (χ0) is 12.3. The highest BCUT2D eigenvalue weighted by molar-refractivity contribution is 9.10. The number of carbonyl (C=O) groups is 1. The molecular formula is C14H16BrNO2. The van der Waals surface area contributed by atoms with Gasteiger partial charge in [0.1, 0.15) is 5.76 Å². The molecule has 1 aromatic rings. The predicted octanol–water partition coefficient (Wildman–Crippen LogP) is 3.58. The summed E-state index contributed by atoms with van der Waals surface area (Å²) in [5, 5.41) is 2.86. The molecule has 3 fully saturated rings. The SMILES string of the molecule is O=C1NCc2oc(Br)c(C3CC4CCC3CC4)c21. The molecule has 1 aromatic heterocycles. The molecule has 0 spiro atoms. The lowest BCUT2D eigenvalue weighted by Crippen LogP contribution is -2.30. The second-order valence-electron chi connectivity index (χ2n) is 5.89. The van der Waals surface area contributed by atoms with Crippen LogP contribution in [-0.4, -0.2) is 5.91 Å². The highest BCUT2D eigenvalue weighted by atomic mass is 79.9. The van der Waals surface area contributed by atoms with Crippen LogP contribution in [0.25, 0.3) is 0 Å². The molecule has 0 saturated heterocycles. The summed E-state index contributed by atoms with van der Waals surface area (Å²) >= 11 is 3.53. The molecule has 1 amide bonds. The normalized spacial score (nSPS) is 33.6. The monoisotopic (exact) mass is 309 g/mol. The number of rotatable bonds is 1. The lowest BCUT2D eigenvalue weighted by atomic mass is 9.62. The van der Waals surface area contributed by atoms with Gasteiger partial charge >= 0.3 is 0 Å². The summed E-state index contributed by atoms with van der Waals surface area (Å²) < 4.78 is 6.53. The summed E-state index contributed by atoms with van der Waals surface area (Å²) in [6.45, 7) is 0.549. The molecule has 5 rings (SSSR count). The molecule has 3 nitrogen and oxygen atoms in total. The molecule has 3 aliphatic carbocycles. The smallest absolute Gasteiger partial charge is 0.255 e. The summed E-state index contributed by atoms with van der Waals surface area (Å²) in [7, 11) is 0. The minimum absolute atomic E-state index is 0.0518. The largest absolute Gasteiger partial charge is 0.451 e.